The van der Waals surface area contributed by atoms with E-state index in [1.807, 2.05) is 30.3 Å². The molecule has 0 N–H and O–H groups in total. The summed E-state index contributed by atoms with van der Waals surface area (Å²) in [5.74, 6) is 2.85. The number of carbonyl (C=O) groups is 2. The Balaban J connectivity index is 1.16. The van der Waals surface area contributed by atoms with Crippen LogP contribution >= 0.6 is 0 Å². The van der Waals surface area contributed by atoms with Crippen LogP contribution in [0.4, 0.5) is 0 Å². The van der Waals surface area contributed by atoms with Crippen molar-refractivity contribution in [3.05, 3.63) is 106 Å². The lowest BCUT2D eigenvalue weighted by Gasteiger charge is -2.26. The molecule has 0 saturated heterocycles. The van der Waals surface area contributed by atoms with Crippen LogP contribution in [-0.2, 0) is 17.6 Å². The fourth-order valence-electron chi connectivity index (χ4n) is 6.25. The Labute approximate surface area is 266 Å². The summed E-state index contributed by atoms with van der Waals surface area (Å²) >= 11 is 0. The van der Waals surface area contributed by atoms with E-state index in [9.17, 15) is 9.59 Å². The zero-order chi connectivity index (χ0) is 31.8. The summed E-state index contributed by atoms with van der Waals surface area (Å²) in [5.41, 5.74) is 4.85. The van der Waals surface area contributed by atoms with Gasteiger partial charge in [-0.25, -0.2) is 0 Å². The molecule has 1 atom stereocenters. The molecule has 0 radical (unpaired) electrons. The molecular weight excluding hydrogens is 588 g/mol. The van der Waals surface area contributed by atoms with Gasteiger partial charge in [0.05, 0.1) is 46.5 Å². The second kappa shape index (κ2) is 12.2. The number of methoxy groups -OCH3 is 3. The summed E-state index contributed by atoms with van der Waals surface area (Å²) in [5, 5.41) is 0. The van der Waals surface area contributed by atoms with Crippen molar-refractivity contribution in [3.8, 4) is 40.2 Å². The highest BCUT2D eigenvalue weighted by molar-refractivity contribution is 6.15. The molecule has 9 heteroatoms. The SMILES string of the molecule is COc1cc(C2CC(=O)Oc3ccc4c(c32)O/C(=C\c2cccc(OC)c2OC)C4=O)ccc1OCCc1ccc2c(c1)CCO2. The zero-order valence-corrected chi connectivity index (χ0v) is 25.7. The first-order valence-electron chi connectivity index (χ1n) is 15.1. The van der Waals surface area contributed by atoms with Crippen molar-refractivity contribution in [1.82, 2.24) is 0 Å². The van der Waals surface area contributed by atoms with Crippen molar-refractivity contribution in [2.24, 2.45) is 0 Å². The van der Waals surface area contributed by atoms with Crippen LogP contribution in [0.3, 0.4) is 0 Å². The smallest absolute Gasteiger partial charge is 0.312 e. The van der Waals surface area contributed by atoms with E-state index in [-0.39, 0.29) is 23.9 Å². The summed E-state index contributed by atoms with van der Waals surface area (Å²) in [6, 6.07) is 20.5. The van der Waals surface area contributed by atoms with Crippen LogP contribution in [-0.4, -0.2) is 46.3 Å². The number of allylic oxidation sites excluding steroid dienone is 1. The highest BCUT2D eigenvalue weighted by Crippen LogP contribution is 2.50. The van der Waals surface area contributed by atoms with Gasteiger partial charge in [-0.2, -0.15) is 0 Å². The molecule has 0 amide bonds. The Kier molecular flexibility index (Phi) is 7.74. The van der Waals surface area contributed by atoms with E-state index in [1.54, 1.807) is 44.6 Å². The molecule has 0 bridgehead atoms. The van der Waals surface area contributed by atoms with Crippen molar-refractivity contribution < 1.29 is 42.7 Å². The van der Waals surface area contributed by atoms with Crippen molar-refractivity contribution in [2.45, 2.75) is 25.2 Å². The van der Waals surface area contributed by atoms with Crippen LogP contribution < -0.4 is 33.2 Å². The topological polar surface area (TPSA) is 98.8 Å². The van der Waals surface area contributed by atoms with Crippen LogP contribution in [0, 0.1) is 0 Å². The second-order valence-electron chi connectivity index (χ2n) is 11.2. The molecule has 7 rings (SSSR count). The van der Waals surface area contributed by atoms with Gasteiger partial charge in [-0.1, -0.05) is 30.3 Å². The number of fused-ring (bicyclic) bond motifs is 4. The molecule has 9 nitrogen and oxygen atoms in total. The van der Waals surface area contributed by atoms with E-state index in [1.165, 1.54) is 18.2 Å². The quantitative estimate of drug-likeness (QED) is 0.121. The molecule has 4 aromatic carbocycles. The maximum absolute atomic E-state index is 13.5. The average molecular weight is 621 g/mol. The van der Waals surface area contributed by atoms with Crippen LogP contribution in [0.2, 0.25) is 0 Å². The number of rotatable bonds is 9. The molecule has 3 aliphatic rings. The van der Waals surface area contributed by atoms with Crippen molar-refractivity contribution in [1.29, 1.82) is 0 Å². The van der Waals surface area contributed by atoms with Gasteiger partial charge in [-0.15, -0.1) is 0 Å². The summed E-state index contributed by atoms with van der Waals surface area (Å²) < 4.78 is 40.3. The molecule has 1 unspecified atom stereocenters. The van der Waals surface area contributed by atoms with Gasteiger partial charge in [0.25, 0.3) is 0 Å². The maximum atomic E-state index is 13.5. The molecule has 0 spiro atoms. The molecule has 0 fully saturated rings. The Morgan fingerprint density at radius 1 is 0.848 bits per heavy atom. The lowest BCUT2D eigenvalue weighted by molar-refractivity contribution is -0.135. The van der Waals surface area contributed by atoms with E-state index in [0.717, 1.165) is 30.8 Å². The van der Waals surface area contributed by atoms with E-state index in [4.69, 9.17) is 33.2 Å². The molecule has 4 aromatic rings. The van der Waals surface area contributed by atoms with Gasteiger partial charge >= 0.3 is 5.97 Å². The molecule has 0 aromatic heterocycles. The van der Waals surface area contributed by atoms with Gasteiger partial charge in [0.1, 0.15) is 17.2 Å². The number of carbonyl (C=O) groups excluding carboxylic acids is 2. The third-order valence-electron chi connectivity index (χ3n) is 8.49. The molecule has 234 valence electrons. The van der Waals surface area contributed by atoms with Crippen LogP contribution in [0.5, 0.6) is 40.2 Å². The number of benzene rings is 4. The minimum absolute atomic E-state index is 0.0646. The number of esters is 1. The van der Waals surface area contributed by atoms with Crippen molar-refractivity contribution >= 4 is 17.8 Å². The normalized spacial score (nSPS) is 16.9. The molecule has 46 heavy (non-hydrogen) atoms. The Morgan fingerprint density at radius 3 is 2.52 bits per heavy atom. The molecule has 3 heterocycles. The van der Waals surface area contributed by atoms with Crippen LogP contribution in [0.1, 0.15) is 50.5 Å². The average Bonchev–Trinajstić information content (AvgIpc) is 3.67. The Morgan fingerprint density at radius 2 is 1.70 bits per heavy atom. The highest BCUT2D eigenvalue weighted by atomic mass is 16.5. The maximum Gasteiger partial charge on any atom is 0.312 e. The van der Waals surface area contributed by atoms with E-state index >= 15 is 0 Å². The Bertz CT molecular complexity index is 1890. The number of Topliss-reactive ketones (excluding diaryl/α,β-unsaturated/α-hetero) is 1. The molecule has 0 aliphatic carbocycles. The first kappa shape index (κ1) is 29.3. The van der Waals surface area contributed by atoms with Gasteiger partial charge in [-0.3, -0.25) is 9.59 Å². The Hall–Kier alpha value is -5.44. The molecular formula is C37H32O9. The van der Waals surface area contributed by atoms with Gasteiger partial charge in [0.15, 0.2) is 28.8 Å². The van der Waals surface area contributed by atoms with Gasteiger partial charge in [0, 0.05) is 29.9 Å². The number of hydrogen-bond donors (Lipinski definition) is 0. The van der Waals surface area contributed by atoms with Crippen LogP contribution in [0.25, 0.3) is 6.08 Å². The predicted molar refractivity (Wildman–Crippen MR) is 169 cm³/mol. The number of ether oxygens (including phenoxy) is 7. The van der Waals surface area contributed by atoms with Crippen molar-refractivity contribution in [2.75, 3.05) is 34.5 Å². The standard InChI is InChI=1S/C37H32O9/c1-40-30-6-4-5-24(36(30)42-3)19-32-35(39)25-9-12-29-34(37(25)46-32)26(20-33(38)45-29)22-8-11-28(31(18-22)41-2)44-15-13-21-7-10-27-23(17-21)14-16-43-27/h4-12,17-19,26H,13-16,20H2,1-3H3/b32-19-. The lowest BCUT2D eigenvalue weighted by atomic mass is 9.84. The monoisotopic (exact) mass is 620 g/mol. The van der Waals surface area contributed by atoms with E-state index in [2.05, 4.69) is 12.1 Å². The summed E-state index contributed by atoms with van der Waals surface area (Å²) in [6.07, 6.45) is 3.35. The molecule has 3 aliphatic heterocycles. The first-order valence-corrected chi connectivity index (χ1v) is 15.1. The van der Waals surface area contributed by atoms with Gasteiger partial charge in [-0.05, 0) is 59.2 Å². The summed E-state index contributed by atoms with van der Waals surface area (Å²) in [7, 11) is 4.67. The third kappa shape index (κ3) is 5.27. The third-order valence-corrected chi connectivity index (χ3v) is 8.49. The molecule has 0 saturated carbocycles. The van der Waals surface area contributed by atoms with Gasteiger partial charge in [0.2, 0.25) is 5.78 Å². The number of hydrogen-bond acceptors (Lipinski definition) is 9. The van der Waals surface area contributed by atoms with Gasteiger partial charge < -0.3 is 33.2 Å². The first-order chi connectivity index (χ1) is 22.5. The number of ketones is 1. The predicted octanol–water partition coefficient (Wildman–Crippen LogP) is 6.33. The van der Waals surface area contributed by atoms with E-state index in [0.29, 0.717) is 57.8 Å². The lowest BCUT2D eigenvalue weighted by Crippen LogP contribution is -2.21. The summed E-state index contributed by atoms with van der Waals surface area (Å²) in [6.45, 7) is 1.19. The van der Waals surface area contributed by atoms with Crippen molar-refractivity contribution in [3.63, 3.8) is 0 Å². The summed E-state index contributed by atoms with van der Waals surface area (Å²) in [4.78, 5) is 26.3. The van der Waals surface area contributed by atoms with Crippen LogP contribution in [0.15, 0.2) is 72.5 Å². The fraction of sp³-hybridized carbons (Fsp3) is 0.243. The largest absolute Gasteiger partial charge is 0.493 e. The zero-order valence-electron chi connectivity index (χ0n) is 25.7. The second-order valence-corrected chi connectivity index (χ2v) is 11.2. The van der Waals surface area contributed by atoms with E-state index < -0.39 is 5.92 Å². The minimum atomic E-state index is -0.443. The minimum Gasteiger partial charge on any atom is -0.493 e. The fourth-order valence-corrected chi connectivity index (χ4v) is 6.25. The highest BCUT2D eigenvalue weighted by Gasteiger charge is 2.39. The number of para-hydroxylation sites is 1.